The maximum absolute atomic E-state index is 11.1. The van der Waals surface area contributed by atoms with Crippen molar-refractivity contribution in [2.45, 2.75) is 13.3 Å². The lowest BCUT2D eigenvalue weighted by Crippen LogP contribution is -2.35. The fourth-order valence-electron chi connectivity index (χ4n) is 1.78. The van der Waals surface area contributed by atoms with Gasteiger partial charge in [-0.25, -0.2) is 4.79 Å². The van der Waals surface area contributed by atoms with Crippen molar-refractivity contribution in [1.29, 1.82) is 0 Å². The largest absolute Gasteiger partial charge is 0.466 e. The van der Waals surface area contributed by atoms with Gasteiger partial charge in [0.15, 0.2) is 0 Å². The van der Waals surface area contributed by atoms with Crippen LogP contribution in [0.4, 0.5) is 0 Å². The van der Waals surface area contributed by atoms with Crippen molar-refractivity contribution in [2.24, 2.45) is 10.6 Å². The summed E-state index contributed by atoms with van der Waals surface area (Å²) in [6.45, 7) is 1.80. The molecule has 0 amide bonds. The number of oxime groups is 1. The Hall–Kier alpha value is -0.380. The van der Waals surface area contributed by atoms with E-state index in [1.165, 1.54) is 12.7 Å². The smallest absolute Gasteiger partial charge is 0.346 e. The monoisotopic (exact) mass is 515 g/mol. The SMILES string of the molecule is COC(=O)CON=C(C)C(CI)(CI)Cc1ccccc1. The van der Waals surface area contributed by atoms with Crippen molar-refractivity contribution in [2.75, 3.05) is 22.6 Å². The Morgan fingerprint density at radius 3 is 2.38 bits per heavy atom. The summed E-state index contributed by atoms with van der Waals surface area (Å²) in [6.07, 6.45) is 0.899. The summed E-state index contributed by atoms with van der Waals surface area (Å²) < 4.78 is 6.39. The molecule has 0 aliphatic carbocycles. The van der Waals surface area contributed by atoms with Gasteiger partial charge in [-0.05, 0) is 18.9 Å². The van der Waals surface area contributed by atoms with Crippen molar-refractivity contribution >= 4 is 56.9 Å². The Balaban J connectivity index is 2.83. The maximum atomic E-state index is 11.1. The van der Waals surface area contributed by atoms with Gasteiger partial charge >= 0.3 is 5.97 Å². The van der Waals surface area contributed by atoms with E-state index in [0.29, 0.717) is 0 Å². The molecule has 0 aliphatic heterocycles. The normalized spacial score (nSPS) is 12.1. The lowest BCUT2D eigenvalue weighted by atomic mass is 9.82. The van der Waals surface area contributed by atoms with Crippen LogP contribution in [0.1, 0.15) is 12.5 Å². The highest BCUT2D eigenvalue weighted by Crippen LogP contribution is 2.30. The zero-order valence-corrected chi connectivity index (χ0v) is 16.5. The molecule has 6 heteroatoms. The van der Waals surface area contributed by atoms with Crippen LogP contribution in [0.5, 0.6) is 0 Å². The molecule has 0 spiro atoms. The second-order valence-corrected chi connectivity index (χ2v) is 6.26. The second kappa shape index (κ2) is 9.60. The number of nitrogens with zero attached hydrogens (tertiary/aromatic N) is 1. The van der Waals surface area contributed by atoms with Gasteiger partial charge in [0.25, 0.3) is 0 Å². The number of methoxy groups -OCH3 is 1. The number of rotatable bonds is 8. The van der Waals surface area contributed by atoms with E-state index in [1.807, 2.05) is 25.1 Å². The number of ether oxygens (including phenoxy) is 1. The molecular weight excluding hydrogens is 496 g/mol. The third kappa shape index (κ3) is 5.72. The number of halogens is 2. The van der Waals surface area contributed by atoms with Gasteiger partial charge in [0.1, 0.15) is 0 Å². The lowest BCUT2D eigenvalue weighted by Gasteiger charge is -2.29. The van der Waals surface area contributed by atoms with Crippen LogP contribution in [0, 0.1) is 5.41 Å². The van der Waals surface area contributed by atoms with Gasteiger partial charge in [0.05, 0.1) is 12.8 Å². The van der Waals surface area contributed by atoms with Gasteiger partial charge in [-0.15, -0.1) is 0 Å². The topological polar surface area (TPSA) is 47.9 Å². The average molecular weight is 515 g/mol. The highest BCUT2D eigenvalue weighted by Gasteiger charge is 2.32. The number of benzene rings is 1. The fourth-order valence-corrected chi connectivity index (χ4v) is 4.99. The molecule has 0 saturated heterocycles. The number of hydrogen-bond donors (Lipinski definition) is 0. The van der Waals surface area contributed by atoms with Crippen molar-refractivity contribution < 1.29 is 14.4 Å². The highest BCUT2D eigenvalue weighted by molar-refractivity contribution is 14.1. The van der Waals surface area contributed by atoms with Crippen molar-refractivity contribution in [3.05, 3.63) is 35.9 Å². The zero-order valence-electron chi connectivity index (χ0n) is 12.1. The standard InChI is InChI=1S/C15H19I2NO3/c1-12(18-21-9-14(19)20-2)15(10-16,11-17)8-13-6-4-3-5-7-13/h3-7H,8-11H2,1-2H3. The number of alkyl halides is 2. The molecule has 116 valence electrons. The first-order chi connectivity index (χ1) is 10.1. The van der Waals surface area contributed by atoms with E-state index >= 15 is 0 Å². The number of hydrogen-bond acceptors (Lipinski definition) is 4. The van der Waals surface area contributed by atoms with Crippen LogP contribution >= 0.6 is 45.2 Å². The molecule has 0 aromatic heterocycles. The summed E-state index contributed by atoms with van der Waals surface area (Å²) in [5.41, 5.74) is 2.10. The summed E-state index contributed by atoms with van der Waals surface area (Å²) in [7, 11) is 1.33. The second-order valence-electron chi connectivity index (χ2n) is 4.74. The molecule has 0 radical (unpaired) electrons. The minimum atomic E-state index is -0.427. The van der Waals surface area contributed by atoms with Crippen LogP contribution in [0.3, 0.4) is 0 Å². The van der Waals surface area contributed by atoms with E-state index in [1.54, 1.807) is 0 Å². The Labute approximate surface area is 152 Å². The molecule has 1 aromatic rings. The molecule has 1 rings (SSSR count). The first kappa shape index (κ1) is 18.7. The molecule has 0 unspecified atom stereocenters. The predicted molar refractivity (Wildman–Crippen MR) is 101 cm³/mol. The van der Waals surface area contributed by atoms with Crippen LogP contribution < -0.4 is 0 Å². The van der Waals surface area contributed by atoms with Crippen LogP contribution in [-0.4, -0.2) is 34.3 Å². The first-order valence-electron chi connectivity index (χ1n) is 6.47. The average Bonchev–Trinajstić information content (AvgIpc) is 2.53. The van der Waals surface area contributed by atoms with E-state index in [-0.39, 0.29) is 12.0 Å². The fraction of sp³-hybridized carbons (Fsp3) is 0.467. The van der Waals surface area contributed by atoms with Gasteiger partial charge < -0.3 is 9.57 Å². The third-order valence-corrected chi connectivity index (χ3v) is 6.20. The Kier molecular flexibility index (Phi) is 8.53. The molecule has 21 heavy (non-hydrogen) atoms. The molecule has 0 aliphatic rings. The van der Waals surface area contributed by atoms with E-state index in [0.717, 1.165) is 21.0 Å². The predicted octanol–water partition coefficient (Wildman–Crippen LogP) is 3.65. The summed E-state index contributed by atoms with van der Waals surface area (Å²) in [4.78, 5) is 16.2. The van der Waals surface area contributed by atoms with Gasteiger partial charge in [-0.1, -0.05) is 80.7 Å². The summed E-state index contributed by atoms with van der Waals surface area (Å²) in [6, 6.07) is 10.3. The van der Waals surface area contributed by atoms with Crippen molar-refractivity contribution in [3.63, 3.8) is 0 Å². The van der Waals surface area contributed by atoms with Gasteiger partial charge in [0.2, 0.25) is 6.61 Å². The van der Waals surface area contributed by atoms with Crippen molar-refractivity contribution in [3.8, 4) is 0 Å². The van der Waals surface area contributed by atoms with E-state index in [9.17, 15) is 4.79 Å². The van der Waals surface area contributed by atoms with E-state index in [2.05, 4.69) is 67.2 Å². The molecule has 0 atom stereocenters. The summed E-state index contributed by atoms with van der Waals surface area (Å²) in [5.74, 6) is -0.427. The van der Waals surface area contributed by atoms with Gasteiger partial charge in [0, 0.05) is 14.3 Å². The minimum Gasteiger partial charge on any atom is -0.466 e. The summed E-state index contributed by atoms with van der Waals surface area (Å²) >= 11 is 4.77. The van der Waals surface area contributed by atoms with Gasteiger partial charge in [-0.3, -0.25) is 0 Å². The van der Waals surface area contributed by atoms with Crippen LogP contribution in [-0.2, 0) is 20.8 Å². The third-order valence-electron chi connectivity index (χ3n) is 3.28. The van der Waals surface area contributed by atoms with Gasteiger partial charge in [-0.2, -0.15) is 0 Å². The minimum absolute atomic E-state index is 0.0708. The highest BCUT2D eigenvalue weighted by atomic mass is 127. The van der Waals surface area contributed by atoms with E-state index in [4.69, 9.17) is 4.84 Å². The maximum Gasteiger partial charge on any atom is 0.346 e. The number of esters is 1. The number of carbonyl (C=O) groups excluding carboxylic acids is 1. The quantitative estimate of drug-likeness (QED) is 0.175. The first-order valence-corrected chi connectivity index (χ1v) is 9.53. The molecule has 4 nitrogen and oxygen atoms in total. The summed E-state index contributed by atoms with van der Waals surface area (Å²) in [5, 5.41) is 4.13. The molecule has 0 fully saturated rings. The van der Waals surface area contributed by atoms with Crippen LogP contribution in [0.25, 0.3) is 0 Å². The molecule has 0 bridgehead atoms. The Morgan fingerprint density at radius 2 is 1.86 bits per heavy atom. The van der Waals surface area contributed by atoms with Crippen molar-refractivity contribution in [1.82, 2.24) is 0 Å². The Bertz CT molecular complexity index is 473. The molecule has 1 aromatic carbocycles. The molecular formula is C15H19I2NO3. The molecule has 0 heterocycles. The molecule has 0 saturated carbocycles. The zero-order chi connectivity index (χ0) is 15.7. The molecule has 0 N–H and O–H groups in total. The van der Waals surface area contributed by atoms with Crippen LogP contribution in [0.2, 0.25) is 0 Å². The lowest BCUT2D eigenvalue weighted by molar-refractivity contribution is -0.145. The van der Waals surface area contributed by atoms with Crippen LogP contribution in [0.15, 0.2) is 35.5 Å². The number of carbonyl (C=O) groups is 1. The van der Waals surface area contributed by atoms with E-state index < -0.39 is 5.97 Å². The Morgan fingerprint density at radius 1 is 1.24 bits per heavy atom.